The second kappa shape index (κ2) is 6.96. The molecule has 1 aromatic rings. The van der Waals surface area contributed by atoms with Crippen LogP contribution in [0, 0.1) is 13.8 Å². The van der Waals surface area contributed by atoms with Gasteiger partial charge < -0.3 is 9.64 Å². The quantitative estimate of drug-likeness (QED) is 0.805. The summed E-state index contributed by atoms with van der Waals surface area (Å²) >= 11 is 0. The molecule has 7 heteroatoms. The number of sulfonamides is 1. The summed E-state index contributed by atoms with van der Waals surface area (Å²) < 4.78 is 32.4. The molecule has 140 valence electrons. The average Bonchev–Trinajstić information content (AvgIpc) is 2.52. The average molecular weight is 368 g/mol. The number of hydrogen-bond acceptors (Lipinski definition) is 4. The normalized spacial score (nSPS) is 16.8. The molecule has 0 N–H and O–H groups in total. The fraction of sp³-hybridized carbons (Fsp3) is 0.611. The van der Waals surface area contributed by atoms with Crippen molar-refractivity contribution in [2.75, 3.05) is 33.3 Å². The van der Waals surface area contributed by atoms with Crippen molar-refractivity contribution in [3.63, 3.8) is 0 Å². The molecule has 0 saturated carbocycles. The van der Waals surface area contributed by atoms with Gasteiger partial charge in [-0.15, -0.1) is 0 Å². The Labute approximate surface area is 150 Å². The second-order valence-corrected chi connectivity index (χ2v) is 9.43. The smallest absolute Gasteiger partial charge is 0.409 e. The molecule has 0 bridgehead atoms. The van der Waals surface area contributed by atoms with E-state index in [2.05, 4.69) is 20.8 Å². The van der Waals surface area contributed by atoms with Crippen LogP contribution in [-0.2, 0) is 20.2 Å². The van der Waals surface area contributed by atoms with E-state index in [1.165, 1.54) is 16.3 Å². The Morgan fingerprint density at radius 1 is 1.04 bits per heavy atom. The number of rotatable bonds is 2. The van der Waals surface area contributed by atoms with Crippen molar-refractivity contribution in [1.82, 2.24) is 9.21 Å². The Bertz CT molecular complexity index is 735. The number of amides is 1. The minimum absolute atomic E-state index is 0.0377. The number of hydrogen-bond donors (Lipinski definition) is 0. The number of benzene rings is 1. The molecule has 1 aliphatic rings. The maximum absolute atomic E-state index is 13.1. The number of ether oxygens (including phenoxy) is 1. The van der Waals surface area contributed by atoms with Crippen LogP contribution in [0.1, 0.15) is 37.5 Å². The minimum atomic E-state index is -3.59. The van der Waals surface area contributed by atoms with Crippen molar-refractivity contribution in [2.45, 2.75) is 44.9 Å². The van der Waals surface area contributed by atoms with E-state index in [1.807, 2.05) is 26.0 Å². The summed E-state index contributed by atoms with van der Waals surface area (Å²) in [5.74, 6) is 0. The van der Waals surface area contributed by atoms with Gasteiger partial charge in [0.05, 0.1) is 12.0 Å². The van der Waals surface area contributed by atoms with Gasteiger partial charge >= 0.3 is 6.09 Å². The SMILES string of the molecule is COC(=O)N1CCN(S(=O)(=O)c2c(C)cc(C(C)(C)C)cc2C)CC1. The summed E-state index contributed by atoms with van der Waals surface area (Å²) in [6.07, 6.45) is -0.418. The lowest BCUT2D eigenvalue weighted by molar-refractivity contribution is 0.108. The van der Waals surface area contributed by atoms with Crippen LogP contribution >= 0.6 is 0 Å². The van der Waals surface area contributed by atoms with Gasteiger partial charge in [0.1, 0.15) is 0 Å². The van der Waals surface area contributed by atoms with Crippen LogP contribution in [0.25, 0.3) is 0 Å². The molecule has 2 rings (SSSR count). The van der Waals surface area contributed by atoms with Gasteiger partial charge in [0.2, 0.25) is 10.0 Å². The zero-order valence-electron chi connectivity index (χ0n) is 15.9. The Kier molecular flexibility index (Phi) is 5.49. The molecule has 0 aromatic heterocycles. The van der Waals surface area contributed by atoms with Crippen molar-refractivity contribution in [2.24, 2.45) is 0 Å². The third kappa shape index (κ3) is 3.98. The molecule has 1 heterocycles. The number of nitrogens with zero attached hydrogens (tertiary/aromatic N) is 2. The maximum Gasteiger partial charge on any atom is 0.409 e. The minimum Gasteiger partial charge on any atom is -0.453 e. The zero-order chi connectivity index (χ0) is 19.0. The monoisotopic (exact) mass is 368 g/mol. The third-order valence-electron chi connectivity index (χ3n) is 4.60. The van der Waals surface area contributed by atoms with Gasteiger partial charge in [0.15, 0.2) is 0 Å². The van der Waals surface area contributed by atoms with E-state index in [4.69, 9.17) is 4.74 Å². The molecule has 25 heavy (non-hydrogen) atoms. The summed E-state index contributed by atoms with van der Waals surface area (Å²) in [7, 11) is -2.26. The van der Waals surface area contributed by atoms with Gasteiger partial charge in [-0.05, 0) is 36.0 Å². The fourth-order valence-electron chi connectivity index (χ4n) is 3.16. The van der Waals surface area contributed by atoms with Crippen LogP contribution in [-0.4, -0.2) is 57.0 Å². The van der Waals surface area contributed by atoms with Gasteiger partial charge in [-0.3, -0.25) is 0 Å². The molecule has 1 saturated heterocycles. The molecule has 0 spiro atoms. The standard InChI is InChI=1S/C18H28N2O4S/c1-13-11-15(18(3,4)5)12-14(2)16(13)25(22,23)20-9-7-19(8-10-20)17(21)24-6/h11-12H,7-10H2,1-6H3. The summed E-state index contributed by atoms with van der Waals surface area (Å²) in [6.45, 7) is 11.3. The van der Waals surface area contributed by atoms with Crippen LogP contribution in [0.3, 0.4) is 0 Å². The Balaban J connectivity index is 2.31. The van der Waals surface area contributed by atoms with Crippen molar-refractivity contribution in [3.05, 3.63) is 28.8 Å². The highest BCUT2D eigenvalue weighted by atomic mass is 32.2. The third-order valence-corrected chi connectivity index (χ3v) is 6.80. The predicted molar refractivity (Wildman–Crippen MR) is 97.4 cm³/mol. The first kappa shape index (κ1) is 19.7. The Hall–Kier alpha value is -1.60. The molecule has 1 aromatic carbocycles. The maximum atomic E-state index is 13.1. The summed E-state index contributed by atoms with van der Waals surface area (Å²) in [5.41, 5.74) is 2.61. The lowest BCUT2D eigenvalue weighted by Crippen LogP contribution is -2.50. The van der Waals surface area contributed by atoms with E-state index in [-0.39, 0.29) is 18.5 Å². The van der Waals surface area contributed by atoms with Crippen molar-refractivity contribution >= 4 is 16.1 Å². The first-order valence-electron chi connectivity index (χ1n) is 8.43. The van der Waals surface area contributed by atoms with Crippen molar-refractivity contribution in [3.8, 4) is 0 Å². The van der Waals surface area contributed by atoms with Gasteiger partial charge in [-0.25, -0.2) is 13.2 Å². The molecule has 6 nitrogen and oxygen atoms in total. The molecule has 1 amide bonds. The highest BCUT2D eigenvalue weighted by molar-refractivity contribution is 7.89. The Morgan fingerprint density at radius 3 is 1.92 bits per heavy atom. The van der Waals surface area contributed by atoms with Gasteiger partial charge in [-0.2, -0.15) is 4.31 Å². The lowest BCUT2D eigenvalue weighted by atomic mass is 9.85. The van der Waals surface area contributed by atoms with E-state index >= 15 is 0 Å². The number of carbonyl (C=O) groups is 1. The summed E-state index contributed by atoms with van der Waals surface area (Å²) in [4.78, 5) is 13.5. The molecular weight excluding hydrogens is 340 g/mol. The second-order valence-electron chi connectivity index (χ2n) is 7.55. The molecule has 1 fully saturated rings. The van der Waals surface area contributed by atoms with E-state index in [1.54, 1.807) is 0 Å². The van der Waals surface area contributed by atoms with Crippen LogP contribution in [0.2, 0.25) is 0 Å². The molecule has 0 radical (unpaired) electrons. The fourth-order valence-corrected chi connectivity index (χ4v) is 4.99. The topological polar surface area (TPSA) is 66.9 Å². The number of aryl methyl sites for hydroxylation is 2. The Morgan fingerprint density at radius 2 is 1.52 bits per heavy atom. The van der Waals surface area contributed by atoms with Crippen molar-refractivity contribution in [1.29, 1.82) is 0 Å². The van der Waals surface area contributed by atoms with E-state index < -0.39 is 16.1 Å². The van der Waals surface area contributed by atoms with Gasteiger partial charge in [-0.1, -0.05) is 32.9 Å². The number of methoxy groups -OCH3 is 1. The largest absolute Gasteiger partial charge is 0.453 e. The summed E-state index contributed by atoms with van der Waals surface area (Å²) in [5, 5.41) is 0. The van der Waals surface area contributed by atoms with E-state index in [0.29, 0.717) is 18.0 Å². The predicted octanol–water partition coefficient (Wildman–Crippen LogP) is 2.67. The molecule has 0 unspecified atom stereocenters. The zero-order valence-corrected chi connectivity index (χ0v) is 16.7. The van der Waals surface area contributed by atoms with E-state index in [0.717, 1.165) is 16.7 Å². The number of carbonyl (C=O) groups excluding carboxylic acids is 1. The highest BCUT2D eigenvalue weighted by Gasteiger charge is 2.33. The van der Waals surface area contributed by atoms with Gasteiger partial charge in [0.25, 0.3) is 0 Å². The lowest BCUT2D eigenvalue weighted by Gasteiger charge is -2.34. The molecule has 0 aliphatic carbocycles. The van der Waals surface area contributed by atoms with Crippen LogP contribution in [0.4, 0.5) is 4.79 Å². The molecule has 1 aliphatic heterocycles. The van der Waals surface area contributed by atoms with Crippen molar-refractivity contribution < 1.29 is 17.9 Å². The van der Waals surface area contributed by atoms with Crippen LogP contribution in [0.15, 0.2) is 17.0 Å². The van der Waals surface area contributed by atoms with Gasteiger partial charge in [0, 0.05) is 26.2 Å². The van der Waals surface area contributed by atoms with Crippen LogP contribution in [0.5, 0.6) is 0 Å². The highest BCUT2D eigenvalue weighted by Crippen LogP contribution is 2.31. The van der Waals surface area contributed by atoms with Crippen LogP contribution < -0.4 is 0 Å². The molecular formula is C18H28N2O4S. The first-order chi connectivity index (χ1) is 11.5. The first-order valence-corrected chi connectivity index (χ1v) is 9.87. The molecule has 0 atom stereocenters. The van der Waals surface area contributed by atoms with E-state index in [9.17, 15) is 13.2 Å². The summed E-state index contributed by atoms with van der Waals surface area (Å²) in [6, 6.07) is 3.93. The number of piperazine rings is 1.